The molecule has 98 valence electrons. The maximum atomic E-state index is 11.2. The average Bonchev–Trinajstić information content (AvgIpc) is 2.44. The summed E-state index contributed by atoms with van der Waals surface area (Å²) in [5.41, 5.74) is 1.01. The van der Waals surface area contributed by atoms with Gasteiger partial charge in [0.05, 0.1) is 13.2 Å². The van der Waals surface area contributed by atoms with Crippen LogP contribution in [0, 0.1) is 0 Å². The predicted octanol–water partition coefficient (Wildman–Crippen LogP) is 2.16. The SMILES string of the molecule is COC(=O)C(CCC(OC)c1ccccc1)=NO. The molecule has 0 bridgehead atoms. The topological polar surface area (TPSA) is 68.1 Å². The lowest BCUT2D eigenvalue weighted by Gasteiger charge is -2.15. The minimum atomic E-state index is -0.625. The first-order chi connectivity index (χ1) is 8.72. The molecule has 5 heteroatoms. The van der Waals surface area contributed by atoms with Crippen LogP contribution in [0.25, 0.3) is 0 Å². The first-order valence-corrected chi connectivity index (χ1v) is 5.60. The molecule has 0 aliphatic rings. The fourth-order valence-electron chi connectivity index (χ4n) is 1.67. The molecule has 0 aliphatic heterocycles. The van der Waals surface area contributed by atoms with Crippen molar-refractivity contribution in [3.8, 4) is 0 Å². The van der Waals surface area contributed by atoms with Gasteiger partial charge >= 0.3 is 5.97 Å². The summed E-state index contributed by atoms with van der Waals surface area (Å²) in [7, 11) is 2.85. The van der Waals surface area contributed by atoms with Crippen LogP contribution < -0.4 is 0 Å². The third-order valence-corrected chi connectivity index (χ3v) is 2.64. The van der Waals surface area contributed by atoms with E-state index in [0.717, 1.165) is 5.56 Å². The lowest BCUT2D eigenvalue weighted by molar-refractivity contribution is -0.133. The Hall–Kier alpha value is -1.88. The average molecular weight is 251 g/mol. The second-order valence-corrected chi connectivity index (χ2v) is 3.71. The molecule has 0 spiro atoms. The summed E-state index contributed by atoms with van der Waals surface area (Å²) in [5, 5.41) is 11.7. The Morgan fingerprint density at radius 3 is 2.50 bits per heavy atom. The molecule has 0 saturated carbocycles. The first kappa shape index (κ1) is 14.2. The van der Waals surface area contributed by atoms with E-state index in [9.17, 15) is 4.79 Å². The summed E-state index contributed by atoms with van der Waals surface area (Å²) in [4.78, 5) is 11.2. The third-order valence-electron chi connectivity index (χ3n) is 2.64. The number of benzene rings is 1. The zero-order chi connectivity index (χ0) is 13.4. The molecule has 0 aliphatic carbocycles. The maximum absolute atomic E-state index is 11.2. The highest BCUT2D eigenvalue weighted by Crippen LogP contribution is 2.21. The van der Waals surface area contributed by atoms with Crippen molar-refractivity contribution in [3.05, 3.63) is 35.9 Å². The minimum absolute atomic E-state index is 0.00418. The van der Waals surface area contributed by atoms with E-state index in [4.69, 9.17) is 9.94 Å². The molecule has 5 nitrogen and oxygen atoms in total. The zero-order valence-electron chi connectivity index (χ0n) is 10.5. The fourth-order valence-corrected chi connectivity index (χ4v) is 1.67. The van der Waals surface area contributed by atoms with Gasteiger partial charge in [0.25, 0.3) is 0 Å². The molecule has 1 unspecified atom stereocenters. The number of rotatable bonds is 6. The number of oxime groups is 1. The van der Waals surface area contributed by atoms with Gasteiger partial charge in [-0.15, -0.1) is 0 Å². The third kappa shape index (κ3) is 3.85. The normalized spacial score (nSPS) is 13.1. The van der Waals surface area contributed by atoms with E-state index < -0.39 is 5.97 Å². The quantitative estimate of drug-likeness (QED) is 0.364. The van der Waals surface area contributed by atoms with Crippen molar-refractivity contribution in [3.63, 3.8) is 0 Å². The van der Waals surface area contributed by atoms with Gasteiger partial charge in [-0.25, -0.2) is 4.79 Å². The lowest BCUT2D eigenvalue weighted by atomic mass is 10.0. The van der Waals surface area contributed by atoms with Crippen LogP contribution in [0.4, 0.5) is 0 Å². The number of hydrogen-bond acceptors (Lipinski definition) is 5. The van der Waals surface area contributed by atoms with Gasteiger partial charge < -0.3 is 14.7 Å². The van der Waals surface area contributed by atoms with Crippen molar-refractivity contribution < 1.29 is 19.5 Å². The Balaban J connectivity index is 2.63. The van der Waals surface area contributed by atoms with Gasteiger partial charge in [-0.05, 0) is 12.0 Å². The van der Waals surface area contributed by atoms with Crippen molar-refractivity contribution in [2.75, 3.05) is 14.2 Å². The standard InChI is InChI=1S/C13H17NO4/c1-17-12(10-6-4-3-5-7-10)9-8-11(14-16)13(15)18-2/h3-7,12,16H,8-9H2,1-2H3. The van der Waals surface area contributed by atoms with Crippen molar-refractivity contribution >= 4 is 11.7 Å². The molecule has 1 atom stereocenters. The number of nitrogens with zero attached hydrogens (tertiary/aromatic N) is 1. The molecule has 0 amide bonds. The molecule has 18 heavy (non-hydrogen) atoms. The Labute approximate surface area is 106 Å². The monoisotopic (exact) mass is 251 g/mol. The Morgan fingerprint density at radius 2 is 2.00 bits per heavy atom. The van der Waals surface area contributed by atoms with Gasteiger partial charge in [-0.1, -0.05) is 35.5 Å². The van der Waals surface area contributed by atoms with Gasteiger partial charge in [-0.3, -0.25) is 0 Å². The summed E-state index contributed by atoms with van der Waals surface area (Å²) >= 11 is 0. The van der Waals surface area contributed by atoms with E-state index in [-0.39, 0.29) is 18.2 Å². The van der Waals surface area contributed by atoms with Crippen LogP contribution >= 0.6 is 0 Å². The van der Waals surface area contributed by atoms with Gasteiger partial charge in [-0.2, -0.15) is 0 Å². The number of ether oxygens (including phenoxy) is 2. The summed E-state index contributed by atoms with van der Waals surface area (Å²) in [6.45, 7) is 0. The van der Waals surface area contributed by atoms with E-state index in [2.05, 4.69) is 9.89 Å². The highest BCUT2D eigenvalue weighted by atomic mass is 16.5. The summed E-state index contributed by atoms with van der Waals surface area (Å²) in [6.07, 6.45) is 0.679. The van der Waals surface area contributed by atoms with E-state index in [1.807, 2.05) is 30.3 Å². The van der Waals surface area contributed by atoms with Crippen LogP contribution in [0.1, 0.15) is 24.5 Å². The smallest absolute Gasteiger partial charge is 0.355 e. The first-order valence-electron chi connectivity index (χ1n) is 5.60. The van der Waals surface area contributed by atoms with Crippen LogP contribution in [0.3, 0.4) is 0 Å². The van der Waals surface area contributed by atoms with Gasteiger partial charge in [0.2, 0.25) is 0 Å². The molecule has 0 fully saturated rings. The van der Waals surface area contributed by atoms with E-state index in [1.54, 1.807) is 7.11 Å². The number of methoxy groups -OCH3 is 2. The minimum Gasteiger partial charge on any atom is -0.464 e. The summed E-state index contributed by atoms with van der Waals surface area (Å²) < 4.78 is 9.86. The van der Waals surface area contributed by atoms with Crippen molar-refractivity contribution in [1.29, 1.82) is 0 Å². The molecular formula is C13H17NO4. The zero-order valence-corrected chi connectivity index (χ0v) is 10.5. The summed E-state index contributed by atoms with van der Waals surface area (Å²) in [5.74, 6) is -0.625. The highest BCUT2D eigenvalue weighted by Gasteiger charge is 2.17. The Kier molecular flexibility index (Phi) is 5.87. The van der Waals surface area contributed by atoms with Crippen LogP contribution in [0.2, 0.25) is 0 Å². The molecule has 0 radical (unpaired) electrons. The van der Waals surface area contributed by atoms with E-state index in [0.29, 0.717) is 6.42 Å². The molecule has 0 heterocycles. The van der Waals surface area contributed by atoms with Crippen LogP contribution in [0.15, 0.2) is 35.5 Å². The largest absolute Gasteiger partial charge is 0.464 e. The molecule has 1 rings (SSSR count). The second-order valence-electron chi connectivity index (χ2n) is 3.71. The van der Waals surface area contributed by atoms with Gasteiger partial charge in [0.1, 0.15) is 0 Å². The van der Waals surface area contributed by atoms with Gasteiger partial charge in [0.15, 0.2) is 5.71 Å². The van der Waals surface area contributed by atoms with Crippen molar-refractivity contribution in [1.82, 2.24) is 0 Å². The van der Waals surface area contributed by atoms with Crippen molar-refractivity contribution in [2.45, 2.75) is 18.9 Å². The molecule has 1 aromatic rings. The highest BCUT2D eigenvalue weighted by molar-refractivity contribution is 6.36. The van der Waals surface area contributed by atoms with Crippen LogP contribution in [-0.4, -0.2) is 31.1 Å². The number of esters is 1. The molecule has 1 N–H and O–H groups in total. The van der Waals surface area contributed by atoms with E-state index >= 15 is 0 Å². The van der Waals surface area contributed by atoms with Gasteiger partial charge in [0, 0.05) is 13.5 Å². The van der Waals surface area contributed by atoms with Crippen LogP contribution in [0.5, 0.6) is 0 Å². The number of carbonyl (C=O) groups is 1. The fraction of sp³-hybridized carbons (Fsp3) is 0.385. The Bertz CT molecular complexity index is 403. The predicted molar refractivity (Wildman–Crippen MR) is 66.7 cm³/mol. The molecular weight excluding hydrogens is 234 g/mol. The molecule has 0 saturated heterocycles. The van der Waals surface area contributed by atoms with Crippen LogP contribution in [-0.2, 0) is 14.3 Å². The Morgan fingerprint density at radius 1 is 1.33 bits per heavy atom. The second kappa shape index (κ2) is 7.45. The van der Waals surface area contributed by atoms with Crippen molar-refractivity contribution in [2.24, 2.45) is 5.16 Å². The molecule has 0 aromatic heterocycles. The van der Waals surface area contributed by atoms with E-state index in [1.165, 1.54) is 7.11 Å². The maximum Gasteiger partial charge on any atom is 0.355 e. The lowest BCUT2D eigenvalue weighted by Crippen LogP contribution is -2.17. The summed E-state index contributed by atoms with van der Waals surface area (Å²) in [6, 6.07) is 9.65. The number of hydrogen-bond donors (Lipinski definition) is 1. The molecule has 1 aromatic carbocycles. The number of carbonyl (C=O) groups excluding carboxylic acids is 1.